The monoisotopic (exact) mass is 146 g/mol. The summed E-state index contributed by atoms with van der Waals surface area (Å²) in [5.74, 6) is 0. The highest BCUT2D eigenvalue weighted by atomic mass is 28.2. The SMILES string of the molecule is CC=CCOCCO[SiH3]. The molecule has 0 aliphatic rings. The maximum Gasteiger partial charge on any atom is 0.146 e. The number of ether oxygens (including phenoxy) is 1. The van der Waals surface area contributed by atoms with Gasteiger partial charge in [-0.3, -0.25) is 0 Å². The molecule has 0 N–H and O–H groups in total. The van der Waals surface area contributed by atoms with Crippen molar-refractivity contribution in [2.75, 3.05) is 19.8 Å². The zero-order valence-corrected chi connectivity index (χ0v) is 8.09. The molecule has 54 valence electrons. The third kappa shape index (κ3) is 7.88. The van der Waals surface area contributed by atoms with Crippen LogP contribution in [0.1, 0.15) is 6.92 Å². The van der Waals surface area contributed by atoms with E-state index in [4.69, 9.17) is 9.16 Å². The Hall–Kier alpha value is -0.123. The lowest BCUT2D eigenvalue weighted by atomic mass is 10.5. The second kappa shape index (κ2) is 7.88. The van der Waals surface area contributed by atoms with E-state index < -0.39 is 0 Å². The van der Waals surface area contributed by atoms with E-state index in [0.29, 0.717) is 13.2 Å². The van der Waals surface area contributed by atoms with Gasteiger partial charge in [0.2, 0.25) is 0 Å². The first-order valence-electron chi connectivity index (χ1n) is 3.09. The first-order chi connectivity index (χ1) is 4.41. The zero-order valence-electron chi connectivity index (χ0n) is 6.09. The molecule has 0 aromatic heterocycles. The fourth-order valence-electron chi connectivity index (χ4n) is 0.390. The van der Waals surface area contributed by atoms with Gasteiger partial charge >= 0.3 is 0 Å². The Kier molecular flexibility index (Phi) is 7.77. The van der Waals surface area contributed by atoms with Crippen molar-refractivity contribution in [3.05, 3.63) is 12.2 Å². The molecule has 0 aromatic rings. The molecule has 0 aliphatic carbocycles. The molecule has 0 heterocycles. The third-order valence-electron chi connectivity index (χ3n) is 0.882. The van der Waals surface area contributed by atoms with Crippen LogP contribution in [0.3, 0.4) is 0 Å². The van der Waals surface area contributed by atoms with E-state index in [1.54, 1.807) is 0 Å². The first kappa shape index (κ1) is 8.88. The van der Waals surface area contributed by atoms with Crippen molar-refractivity contribution in [1.82, 2.24) is 0 Å². The highest BCUT2D eigenvalue weighted by Gasteiger charge is 1.80. The highest BCUT2D eigenvalue weighted by molar-refractivity contribution is 5.97. The minimum absolute atomic E-state index is 0.710. The molecule has 0 bridgehead atoms. The smallest absolute Gasteiger partial charge is 0.146 e. The van der Waals surface area contributed by atoms with Crippen molar-refractivity contribution in [2.45, 2.75) is 6.92 Å². The Morgan fingerprint density at radius 1 is 1.44 bits per heavy atom. The van der Waals surface area contributed by atoms with Crippen LogP contribution >= 0.6 is 0 Å². The van der Waals surface area contributed by atoms with Crippen molar-refractivity contribution in [3.63, 3.8) is 0 Å². The van der Waals surface area contributed by atoms with E-state index in [9.17, 15) is 0 Å². The van der Waals surface area contributed by atoms with Gasteiger partial charge in [-0.15, -0.1) is 0 Å². The Morgan fingerprint density at radius 3 is 2.78 bits per heavy atom. The summed E-state index contributed by atoms with van der Waals surface area (Å²) in [6.45, 7) is 4.14. The molecule has 0 saturated carbocycles. The van der Waals surface area contributed by atoms with Crippen LogP contribution in [-0.2, 0) is 9.16 Å². The van der Waals surface area contributed by atoms with E-state index in [1.807, 2.05) is 19.1 Å². The Bertz CT molecular complexity index is 73.5. The van der Waals surface area contributed by atoms with Gasteiger partial charge in [-0.05, 0) is 6.92 Å². The van der Waals surface area contributed by atoms with Crippen LogP contribution in [0.4, 0.5) is 0 Å². The Morgan fingerprint density at radius 2 is 2.22 bits per heavy atom. The van der Waals surface area contributed by atoms with Crippen LogP contribution in [0, 0.1) is 0 Å². The predicted octanol–water partition coefficient (Wildman–Crippen LogP) is -0.124. The molecule has 0 unspecified atom stereocenters. The van der Waals surface area contributed by atoms with Gasteiger partial charge in [0.25, 0.3) is 0 Å². The van der Waals surface area contributed by atoms with Crippen LogP contribution in [-0.4, -0.2) is 30.3 Å². The average Bonchev–Trinajstić information content (AvgIpc) is 1.89. The summed E-state index contributed by atoms with van der Waals surface area (Å²) in [5.41, 5.74) is 0. The molecular formula is C6H14O2Si. The molecule has 3 heteroatoms. The van der Waals surface area contributed by atoms with Crippen LogP contribution in [0.15, 0.2) is 12.2 Å². The van der Waals surface area contributed by atoms with Crippen LogP contribution in [0.5, 0.6) is 0 Å². The Balaban J connectivity index is 2.75. The van der Waals surface area contributed by atoms with Crippen molar-refractivity contribution < 1.29 is 9.16 Å². The summed E-state index contributed by atoms with van der Waals surface area (Å²) in [4.78, 5) is 0. The van der Waals surface area contributed by atoms with Gasteiger partial charge in [0.05, 0.1) is 19.8 Å². The van der Waals surface area contributed by atoms with Crippen LogP contribution < -0.4 is 0 Å². The first-order valence-corrected chi connectivity index (χ1v) is 3.91. The van der Waals surface area contributed by atoms with Gasteiger partial charge in [-0.1, -0.05) is 12.2 Å². The van der Waals surface area contributed by atoms with E-state index >= 15 is 0 Å². The van der Waals surface area contributed by atoms with Gasteiger partial charge in [-0.2, -0.15) is 0 Å². The molecule has 0 aliphatic heterocycles. The minimum atomic E-state index is 0.710. The highest BCUT2D eigenvalue weighted by Crippen LogP contribution is 1.76. The van der Waals surface area contributed by atoms with E-state index in [0.717, 1.165) is 17.1 Å². The van der Waals surface area contributed by atoms with Gasteiger partial charge in [0.1, 0.15) is 10.5 Å². The number of hydrogen-bond donors (Lipinski definition) is 0. The summed E-state index contributed by atoms with van der Waals surface area (Å²) in [6, 6.07) is 0. The summed E-state index contributed by atoms with van der Waals surface area (Å²) >= 11 is 0. The van der Waals surface area contributed by atoms with Crippen molar-refractivity contribution in [3.8, 4) is 0 Å². The van der Waals surface area contributed by atoms with Gasteiger partial charge in [0, 0.05) is 0 Å². The number of hydrogen-bond acceptors (Lipinski definition) is 2. The normalized spacial score (nSPS) is 11.2. The number of allylic oxidation sites excluding steroid dienone is 1. The standard InChI is InChI=1S/C6H14O2Si/c1-2-3-4-7-5-6-8-9/h2-3H,4-6H2,1,9H3. The van der Waals surface area contributed by atoms with Crippen molar-refractivity contribution in [1.29, 1.82) is 0 Å². The lowest BCUT2D eigenvalue weighted by Crippen LogP contribution is -2.01. The Labute approximate surface area is 59.4 Å². The molecule has 2 nitrogen and oxygen atoms in total. The molecule has 0 spiro atoms. The van der Waals surface area contributed by atoms with E-state index in [-0.39, 0.29) is 0 Å². The lowest BCUT2D eigenvalue weighted by molar-refractivity contribution is 0.125. The lowest BCUT2D eigenvalue weighted by Gasteiger charge is -1.97. The van der Waals surface area contributed by atoms with Crippen LogP contribution in [0.2, 0.25) is 0 Å². The molecule has 0 fully saturated rings. The minimum Gasteiger partial charge on any atom is -0.426 e. The second-order valence-corrected chi connectivity index (χ2v) is 2.21. The molecule has 0 saturated heterocycles. The number of rotatable bonds is 5. The molecule has 0 radical (unpaired) electrons. The predicted molar refractivity (Wildman–Crippen MR) is 41.5 cm³/mol. The largest absolute Gasteiger partial charge is 0.426 e. The zero-order chi connectivity index (χ0) is 6.95. The summed E-state index contributed by atoms with van der Waals surface area (Å²) in [6.07, 6.45) is 3.95. The maximum absolute atomic E-state index is 5.12. The third-order valence-corrected chi connectivity index (χ3v) is 1.29. The van der Waals surface area contributed by atoms with Crippen molar-refractivity contribution >= 4 is 10.5 Å². The summed E-state index contributed by atoms with van der Waals surface area (Å²) < 4.78 is 10.0. The molecule has 0 atom stereocenters. The van der Waals surface area contributed by atoms with E-state index in [1.165, 1.54) is 0 Å². The van der Waals surface area contributed by atoms with E-state index in [2.05, 4.69) is 0 Å². The molecule has 0 rings (SSSR count). The fourth-order valence-corrected chi connectivity index (χ4v) is 0.557. The van der Waals surface area contributed by atoms with Crippen LogP contribution in [0.25, 0.3) is 0 Å². The quantitative estimate of drug-likeness (QED) is 0.306. The average molecular weight is 146 g/mol. The topological polar surface area (TPSA) is 18.5 Å². The fraction of sp³-hybridized carbons (Fsp3) is 0.667. The second-order valence-electron chi connectivity index (χ2n) is 1.64. The maximum atomic E-state index is 5.12. The molecule has 9 heavy (non-hydrogen) atoms. The molecule has 0 aromatic carbocycles. The summed E-state index contributed by atoms with van der Waals surface area (Å²) in [7, 11) is 0.810. The van der Waals surface area contributed by atoms with Gasteiger partial charge in [-0.25, -0.2) is 0 Å². The van der Waals surface area contributed by atoms with Crippen molar-refractivity contribution in [2.24, 2.45) is 0 Å². The van der Waals surface area contributed by atoms with Gasteiger partial charge < -0.3 is 9.16 Å². The molecular weight excluding hydrogens is 132 g/mol. The summed E-state index contributed by atoms with van der Waals surface area (Å²) in [5, 5.41) is 0. The molecule has 0 amide bonds. The van der Waals surface area contributed by atoms with Gasteiger partial charge in [0.15, 0.2) is 0 Å².